The zero-order valence-corrected chi connectivity index (χ0v) is 13.3. The van der Waals surface area contributed by atoms with E-state index in [0.29, 0.717) is 0 Å². The molecule has 114 valence electrons. The van der Waals surface area contributed by atoms with E-state index in [1.165, 1.54) is 24.0 Å². The van der Waals surface area contributed by atoms with Gasteiger partial charge in [-0.3, -0.25) is 0 Å². The van der Waals surface area contributed by atoms with Gasteiger partial charge in [0, 0.05) is 0 Å². The minimum atomic E-state index is -2.85. The molecule has 2 heterocycles. The van der Waals surface area contributed by atoms with Gasteiger partial charge in [0.15, 0.2) is 9.84 Å². The van der Waals surface area contributed by atoms with Gasteiger partial charge >= 0.3 is 0 Å². The summed E-state index contributed by atoms with van der Waals surface area (Å²) in [5.74, 6) is 0. The molecule has 0 aliphatic carbocycles. The minimum Gasteiger partial charge on any atom is -0.228 e. The fourth-order valence-electron chi connectivity index (χ4n) is 3.65. The zero-order chi connectivity index (χ0) is 14.7. The van der Waals surface area contributed by atoms with E-state index in [1.807, 2.05) is 0 Å². The Balaban J connectivity index is 1.51. The van der Waals surface area contributed by atoms with Gasteiger partial charge in [-0.05, 0) is 50.5 Å². The van der Waals surface area contributed by atoms with Crippen LogP contribution in [0, 0.1) is 0 Å². The van der Waals surface area contributed by atoms with E-state index < -0.39 is 9.84 Å². The van der Waals surface area contributed by atoms with Gasteiger partial charge in [0.05, 0.1) is 10.5 Å². The molecule has 2 aliphatic heterocycles. The number of hydrogen-bond acceptors (Lipinski definition) is 2. The molecule has 0 aromatic heterocycles. The number of aryl methyl sites for hydroxylation is 1. The molecule has 1 saturated heterocycles. The number of fused-ring (bicyclic) bond motifs is 2. The summed E-state index contributed by atoms with van der Waals surface area (Å²) in [6, 6.07) is 10.6. The van der Waals surface area contributed by atoms with Crippen LogP contribution in [0.15, 0.2) is 42.0 Å². The van der Waals surface area contributed by atoms with E-state index in [-0.39, 0.29) is 10.5 Å². The maximum Gasteiger partial charge on any atom is 0.159 e. The molecule has 2 atom stereocenters. The Morgan fingerprint density at radius 3 is 2.52 bits per heavy atom. The van der Waals surface area contributed by atoms with Gasteiger partial charge in [-0.1, -0.05) is 48.4 Å². The average molecular weight is 304 g/mol. The van der Waals surface area contributed by atoms with Crippen LogP contribution in [0.4, 0.5) is 0 Å². The average Bonchev–Trinajstić information content (AvgIpc) is 2.45. The van der Waals surface area contributed by atoms with Crippen LogP contribution in [0.3, 0.4) is 0 Å². The Kier molecular flexibility index (Phi) is 4.48. The molecule has 0 N–H and O–H groups in total. The Bertz CT molecular complexity index is 601. The van der Waals surface area contributed by atoms with Crippen molar-refractivity contribution in [3.05, 3.63) is 47.5 Å². The Morgan fingerprint density at radius 2 is 1.76 bits per heavy atom. The first-order chi connectivity index (χ1) is 10.2. The van der Waals surface area contributed by atoms with Gasteiger partial charge < -0.3 is 0 Å². The van der Waals surface area contributed by atoms with E-state index in [4.69, 9.17) is 0 Å². The molecule has 1 aromatic rings. The highest BCUT2D eigenvalue weighted by atomic mass is 32.2. The summed E-state index contributed by atoms with van der Waals surface area (Å²) in [4.78, 5) is 0. The minimum absolute atomic E-state index is 0.0784. The topological polar surface area (TPSA) is 34.1 Å². The third-order valence-corrected chi connectivity index (χ3v) is 7.42. The molecule has 2 unspecified atom stereocenters. The lowest BCUT2D eigenvalue weighted by molar-refractivity contribution is 0.503. The van der Waals surface area contributed by atoms with E-state index in [0.717, 1.165) is 38.5 Å². The highest BCUT2D eigenvalue weighted by molar-refractivity contribution is 7.92. The Morgan fingerprint density at radius 1 is 1.00 bits per heavy atom. The quantitative estimate of drug-likeness (QED) is 0.607. The Labute approximate surface area is 128 Å². The molecule has 21 heavy (non-hydrogen) atoms. The zero-order valence-electron chi connectivity index (χ0n) is 12.5. The fraction of sp³-hybridized carbons (Fsp3) is 0.556. The molecule has 3 rings (SSSR count). The summed E-state index contributed by atoms with van der Waals surface area (Å²) in [6.07, 6.45) is 10.2. The third kappa shape index (κ3) is 3.39. The number of sulfone groups is 1. The lowest BCUT2D eigenvalue weighted by Gasteiger charge is -2.33. The van der Waals surface area contributed by atoms with Crippen LogP contribution in [-0.4, -0.2) is 18.9 Å². The van der Waals surface area contributed by atoms with Crippen LogP contribution in [0.1, 0.15) is 50.5 Å². The van der Waals surface area contributed by atoms with Crippen molar-refractivity contribution in [1.29, 1.82) is 0 Å². The number of unbranched alkanes of at least 4 members (excludes halogenated alkanes) is 1. The van der Waals surface area contributed by atoms with Crippen molar-refractivity contribution in [2.45, 2.75) is 61.9 Å². The Hall–Kier alpha value is -1.09. The number of allylic oxidation sites excluding steroid dienone is 1. The first-order valence-corrected chi connectivity index (χ1v) is 9.73. The standard InChI is InChI=1S/C18H24O2S/c19-21(20)17-11-6-12-18(21)14-16(13-17)10-5-4-9-15-7-2-1-3-8-15/h1-3,7-8,13,17-18H,4-6,9-12,14H2. The molecule has 2 bridgehead atoms. The smallest absolute Gasteiger partial charge is 0.159 e. The first kappa shape index (κ1) is 14.8. The molecule has 3 heteroatoms. The molecule has 0 amide bonds. The number of hydrogen-bond donors (Lipinski definition) is 0. The van der Waals surface area contributed by atoms with Gasteiger partial charge in [0.25, 0.3) is 0 Å². The highest BCUT2D eigenvalue weighted by Crippen LogP contribution is 2.37. The number of benzene rings is 1. The van der Waals surface area contributed by atoms with Crippen LogP contribution >= 0.6 is 0 Å². The molecule has 0 spiro atoms. The van der Waals surface area contributed by atoms with Gasteiger partial charge in [0.1, 0.15) is 0 Å². The number of rotatable bonds is 5. The van der Waals surface area contributed by atoms with Crippen molar-refractivity contribution in [3.63, 3.8) is 0 Å². The van der Waals surface area contributed by atoms with Crippen LogP contribution in [0.5, 0.6) is 0 Å². The second-order valence-corrected chi connectivity index (χ2v) is 8.85. The largest absolute Gasteiger partial charge is 0.228 e. The van der Waals surface area contributed by atoms with Crippen LogP contribution in [-0.2, 0) is 16.3 Å². The molecule has 0 saturated carbocycles. The monoisotopic (exact) mass is 304 g/mol. The normalized spacial score (nSPS) is 27.1. The summed E-state index contributed by atoms with van der Waals surface area (Å²) in [5, 5.41) is -0.250. The SMILES string of the molecule is O=S1(=O)C2C=C(CCCCc3ccccc3)CC1CCC2. The molecule has 1 fully saturated rings. The second-order valence-electron chi connectivity index (χ2n) is 6.40. The molecular formula is C18H24O2S. The summed E-state index contributed by atoms with van der Waals surface area (Å²) >= 11 is 0. The van der Waals surface area contributed by atoms with Crippen LogP contribution in [0.2, 0.25) is 0 Å². The van der Waals surface area contributed by atoms with Gasteiger partial charge in [-0.25, -0.2) is 8.42 Å². The molecular weight excluding hydrogens is 280 g/mol. The maximum atomic E-state index is 12.2. The van der Waals surface area contributed by atoms with E-state index in [9.17, 15) is 8.42 Å². The fourth-order valence-corrected chi connectivity index (χ4v) is 5.97. The van der Waals surface area contributed by atoms with E-state index in [2.05, 4.69) is 36.4 Å². The summed E-state index contributed by atoms with van der Waals surface area (Å²) in [6.45, 7) is 0. The summed E-state index contributed by atoms with van der Waals surface area (Å²) in [5.41, 5.74) is 2.79. The predicted molar refractivity (Wildman–Crippen MR) is 87.0 cm³/mol. The van der Waals surface area contributed by atoms with Crippen molar-refractivity contribution < 1.29 is 8.42 Å². The lowest BCUT2D eigenvalue weighted by atomic mass is 9.94. The first-order valence-electron chi connectivity index (χ1n) is 8.12. The van der Waals surface area contributed by atoms with Gasteiger partial charge in [0.2, 0.25) is 0 Å². The third-order valence-electron chi connectivity index (χ3n) is 4.87. The van der Waals surface area contributed by atoms with Crippen LogP contribution in [0.25, 0.3) is 0 Å². The molecule has 2 aliphatic rings. The molecule has 1 aromatic carbocycles. The molecule has 2 nitrogen and oxygen atoms in total. The predicted octanol–water partition coefficient (Wildman–Crippen LogP) is 4.07. The van der Waals surface area contributed by atoms with Crippen molar-refractivity contribution in [2.24, 2.45) is 0 Å². The molecule has 0 radical (unpaired) electrons. The summed E-state index contributed by atoms with van der Waals surface area (Å²) < 4.78 is 24.4. The van der Waals surface area contributed by atoms with Crippen molar-refractivity contribution >= 4 is 9.84 Å². The van der Waals surface area contributed by atoms with Gasteiger partial charge in [-0.15, -0.1) is 0 Å². The van der Waals surface area contributed by atoms with Gasteiger partial charge in [-0.2, -0.15) is 0 Å². The highest BCUT2D eigenvalue weighted by Gasteiger charge is 2.39. The van der Waals surface area contributed by atoms with Crippen molar-refractivity contribution in [1.82, 2.24) is 0 Å². The van der Waals surface area contributed by atoms with E-state index in [1.54, 1.807) is 0 Å². The van der Waals surface area contributed by atoms with Crippen molar-refractivity contribution in [2.75, 3.05) is 0 Å². The lowest BCUT2D eigenvalue weighted by Crippen LogP contribution is -2.38. The summed E-state index contributed by atoms with van der Waals surface area (Å²) in [7, 11) is -2.85. The van der Waals surface area contributed by atoms with Crippen LogP contribution < -0.4 is 0 Å². The van der Waals surface area contributed by atoms with Crippen molar-refractivity contribution in [3.8, 4) is 0 Å². The van der Waals surface area contributed by atoms with E-state index >= 15 is 0 Å². The second kappa shape index (κ2) is 6.35. The maximum absolute atomic E-state index is 12.2.